The molecule has 2 atom stereocenters. The summed E-state index contributed by atoms with van der Waals surface area (Å²) in [7, 11) is 0. The molecule has 18 heavy (non-hydrogen) atoms. The SMILES string of the molecule is Cc1cc(C#N)nc(NC2CCN3CCCC23)n1. The van der Waals surface area contributed by atoms with Crippen molar-refractivity contribution >= 4 is 5.95 Å². The molecule has 2 aliphatic rings. The first kappa shape index (κ1) is 11.4. The van der Waals surface area contributed by atoms with Crippen LogP contribution in [0.5, 0.6) is 0 Å². The van der Waals surface area contributed by atoms with E-state index in [0.29, 0.717) is 23.7 Å². The molecule has 2 unspecified atom stereocenters. The second kappa shape index (κ2) is 4.54. The Bertz CT molecular complexity index is 493. The van der Waals surface area contributed by atoms with Gasteiger partial charge in [-0.05, 0) is 38.8 Å². The van der Waals surface area contributed by atoms with Crippen molar-refractivity contribution in [2.24, 2.45) is 0 Å². The highest BCUT2D eigenvalue weighted by molar-refractivity contribution is 5.34. The van der Waals surface area contributed by atoms with E-state index in [1.165, 1.54) is 25.9 Å². The van der Waals surface area contributed by atoms with Crippen molar-refractivity contribution in [1.82, 2.24) is 14.9 Å². The molecule has 0 aromatic carbocycles. The highest BCUT2D eigenvalue weighted by atomic mass is 15.3. The minimum Gasteiger partial charge on any atom is -0.350 e. The largest absolute Gasteiger partial charge is 0.350 e. The van der Waals surface area contributed by atoms with Crippen LogP contribution in [-0.2, 0) is 0 Å². The van der Waals surface area contributed by atoms with Crippen LogP contribution in [0, 0.1) is 18.3 Å². The van der Waals surface area contributed by atoms with E-state index in [0.717, 1.165) is 12.1 Å². The molecule has 0 bridgehead atoms. The Morgan fingerprint density at radius 3 is 3.11 bits per heavy atom. The van der Waals surface area contributed by atoms with E-state index in [2.05, 4.69) is 26.3 Å². The van der Waals surface area contributed by atoms with Crippen LogP contribution in [0.3, 0.4) is 0 Å². The summed E-state index contributed by atoms with van der Waals surface area (Å²) in [5.41, 5.74) is 1.27. The first-order valence-electron chi connectivity index (χ1n) is 6.52. The van der Waals surface area contributed by atoms with Crippen LogP contribution >= 0.6 is 0 Å². The van der Waals surface area contributed by atoms with Gasteiger partial charge in [-0.3, -0.25) is 4.90 Å². The van der Waals surface area contributed by atoms with Crippen LogP contribution in [0.25, 0.3) is 0 Å². The molecule has 1 aromatic rings. The summed E-state index contributed by atoms with van der Waals surface area (Å²) >= 11 is 0. The molecule has 0 amide bonds. The Hall–Kier alpha value is -1.67. The second-order valence-electron chi connectivity index (χ2n) is 5.12. The molecule has 2 saturated heterocycles. The third kappa shape index (κ3) is 2.04. The number of hydrogen-bond acceptors (Lipinski definition) is 5. The van der Waals surface area contributed by atoms with Crippen LogP contribution in [-0.4, -0.2) is 40.0 Å². The molecular formula is C13H17N5. The molecule has 2 fully saturated rings. The van der Waals surface area contributed by atoms with Gasteiger partial charge in [-0.15, -0.1) is 0 Å². The smallest absolute Gasteiger partial charge is 0.224 e. The molecule has 0 aliphatic carbocycles. The molecule has 94 valence electrons. The summed E-state index contributed by atoms with van der Waals surface area (Å²) in [5.74, 6) is 0.602. The summed E-state index contributed by atoms with van der Waals surface area (Å²) in [6.45, 7) is 4.28. The zero-order valence-electron chi connectivity index (χ0n) is 10.6. The maximum absolute atomic E-state index is 8.92. The van der Waals surface area contributed by atoms with Gasteiger partial charge in [-0.25, -0.2) is 9.97 Å². The molecule has 1 aromatic heterocycles. The molecule has 0 spiro atoms. The number of nitrogens with one attached hydrogen (secondary N) is 1. The van der Waals surface area contributed by atoms with Crippen molar-refractivity contribution in [1.29, 1.82) is 5.26 Å². The Morgan fingerprint density at radius 2 is 2.28 bits per heavy atom. The molecule has 1 N–H and O–H groups in total. The number of nitrogens with zero attached hydrogens (tertiary/aromatic N) is 4. The van der Waals surface area contributed by atoms with Crippen molar-refractivity contribution in [3.8, 4) is 6.07 Å². The van der Waals surface area contributed by atoms with E-state index in [9.17, 15) is 0 Å². The van der Waals surface area contributed by atoms with Gasteiger partial charge in [0.05, 0.1) is 0 Å². The maximum atomic E-state index is 8.92. The summed E-state index contributed by atoms with van der Waals surface area (Å²) in [4.78, 5) is 11.1. The number of rotatable bonds is 2. The summed E-state index contributed by atoms with van der Waals surface area (Å²) in [6, 6.07) is 4.84. The van der Waals surface area contributed by atoms with E-state index in [1.807, 2.05) is 6.92 Å². The second-order valence-corrected chi connectivity index (χ2v) is 5.12. The van der Waals surface area contributed by atoms with Gasteiger partial charge in [0.1, 0.15) is 11.8 Å². The number of fused-ring (bicyclic) bond motifs is 1. The molecule has 5 nitrogen and oxygen atoms in total. The van der Waals surface area contributed by atoms with Crippen molar-refractivity contribution < 1.29 is 0 Å². The monoisotopic (exact) mass is 243 g/mol. The quantitative estimate of drug-likeness (QED) is 0.848. The van der Waals surface area contributed by atoms with Crippen LogP contribution in [0.15, 0.2) is 6.07 Å². The van der Waals surface area contributed by atoms with Crippen molar-refractivity contribution in [3.63, 3.8) is 0 Å². The number of nitriles is 1. The molecular weight excluding hydrogens is 226 g/mol. The zero-order chi connectivity index (χ0) is 12.5. The normalized spacial score (nSPS) is 26.9. The lowest BCUT2D eigenvalue weighted by atomic mass is 10.1. The number of aryl methyl sites for hydroxylation is 1. The minimum absolute atomic E-state index is 0.431. The fourth-order valence-electron chi connectivity index (χ4n) is 3.11. The molecule has 3 heterocycles. The third-order valence-corrected chi connectivity index (χ3v) is 3.89. The van der Waals surface area contributed by atoms with Gasteiger partial charge < -0.3 is 5.32 Å². The topological polar surface area (TPSA) is 64.8 Å². The highest BCUT2D eigenvalue weighted by Crippen LogP contribution is 2.29. The first-order chi connectivity index (χ1) is 8.76. The van der Waals surface area contributed by atoms with Gasteiger partial charge in [0.2, 0.25) is 5.95 Å². The average molecular weight is 243 g/mol. The van der Waals surface area contributed by atoms with E-state index in [1.54, 1.807) is 6.07 Å². The Kier molecular flexibility index (Phi) is 2.88. The molecule has 3 rings (SSSR count). The number of anilines is 1. The van der Waals surface area contributed by atoms with E-state index in [-0.39, 0.29) is 0 Å². The molecule has 5 heteroatoms. The highest BCUT2D eigenvalue weighted by Gasteiger charge is 2.37. The van der Waals surface area contributed by atoms with Gasteiger partial charge in [0, 0.05) is 24.3 Å². The standard InChI is InChI=1S/C13H17N5/c1-9-7-10(8-14)16-13(15-9)17-11-4-6-18-5-2-3-12(11)18/h7,11-12H,2-6H2,1H3,(H,15,16,17). The molecule has 0 radical (unpaired) electrons. The molecule has 0 saturated carbocycles. The van der Waals surface area contributed by atoms with Gasteiger partial charge >= 0.3 is 0 Å². The number of aromatic nitrogens is 2. The van der Waals surface area contributed by atoms with E-state index in [4.69, 9.17) is 5.26 Å². The summed E-state index contributed by atoms with van der Waals surface area (Å²) in [6.07, 6.45) is 3.69. The van der Waals surface area contributed by atoms with Gasteiger partial charge in [0.25, 0.3) is 0 Å². The van der Waals surface area contributed by atoms with Crippen molar-refractivity contribution in [2.75, 3.05) is 18.4 Å². The Labute approximate surface area is 107 Å². The van der Waals surface area contributed by atoms with Crippen molar-refractivity contribution in [3.05, 3.63) is 17.5 Å². The zero-order valence-corrected chi connectivity index (χ0v) is 10.6. The summed E-state index contributed by atoms with van der Waals surface area (Å²) in [5, 5.41) is 12.3. The summed E-state index contributed by atoms with van der Waals surface area (Å²) < 4.78 is 0. The van der Waals surface area contributed by atoms with Crippen LogP contribution in [0.1, 0.15) is 30.7 Å². The lowest BCUT2D eigenvalue weighted by Gasteiger charge is -2.21. The molecule has 2 aliphatic heterocycles. The van der Waals surface area contributed by atoms with Gasteiger partial charge in [0.15, 0.2) is 0 Å². The van der Waals surface area contributed by atoms with Gasteiger partial charge in [-0.2, -0.15) is 5.26 Å². The average Bonchev–Trinajstić information content (AvgIpc) is 2.93. The van der Waals surface area contributed by atoms with Gasteiger partial charge in [-0.1, -0.05) is 0 Å². The Morgan fingerprint density at radius 1 is 1.39 bits per heavy atom. The van der Waals surface area contributed by atoms with Crippen LogP contribution < -0.4 is 5.32 Å². The van der Waals surface area contributed by atoms with Crippen LogP contribution in [0.2, 0.25) is 0 Å². The maximum Gasteiger partial charge on any atom is 0.224 e. The first-order valence-corrected chi connectivity index (χ1v) is 6.52. The minimum atomic E-state index is 0.431. The predicted molar refractivity (Wildman–Crippen MR) is 68.1 cm³/mol. The fraction of sp³-hybridized carbons (Fsp3) is 0.615. The third-order valence-electron chi connectivity index (χ3n) is 3.89. The number of hydrogen-bond donors (Lipinski definition) is 1. The Balaban J connectivity index is 1.77. The van der Waals surface area contributed by atoms with Crippen molar-refractivity contribution in [2.45, 2.75) is 38.3 Å². The lowest BCUT2D eigenvalue weighted by molar-refractivity contribution is 0.318. The fourth-order valence-corrected chi connectivity index (χ4v) is 3.11. The van der Waals surface area contributed by atoms with E-state index >= 15 is 0 Å². The van der Waals surface area contributed by atoms with Crippen LogP contribution in [0.4, 0.5) is 5.95 Å². The lowest BCUT2D eigenvalue weighted by Crippen LogP contribution is -2.34. The predicted octanol–water partition coefficient (Wildman–Crippen LogP) is 1.31. The van der Waals surface area contributed by atoms with E-state index < -0.39 is 0 Å².